The van der Waals surface area contributed by atoms with Gasteiger partial charge in [-0.1, -0.05) is 157 Å². The van der Waals surface area contributed by atoms with Gasteiger partial charge in [0.25, 0.3) is 0 Å². The van der Waals surface area contributed by atoms with Gasteiger partial charge in [-0.2, -0.15) is 0 Å². The summed E-state index contributed by atoms with van der Waals surface area (Å²) < 4.78 is 143. The molecule has 0 aliphatic heterocycles. The monoisotopic (exact) mass is 716 g/mol. The summed E-state index contributed by atoms with van der Waals surface area (Å²) in [4.78, 5) is 14.6. The fourth-order valence-electron chi connectivity index (χ4n) is 6.99. The van der Waals surface area contributed by atoms with E-state index in [9.17, 15) is 8.22 Å². The molecule has 0 spiro atoms. The minimum Gasteiger partial charge on any atom is -0.455 e. The highest BCUT2D eigenvalue weighted by Crippen LogP contribution is 2.39. The van der Waals surface area contributed by atoms with Crippen LogP contribution in [0.15, 0.2) is 192 Å². The summed E-state index contributed by atoms with van der Waals surface area (Å²) in [7, 11) is 0. The number of fused-ring (bicyclic) bond motifs is 9. The Bertz CT molecular complexity index is 4100. The average molecular weight is 717 g/mol. The van der Waals surface area contributed by atoms with E-state index < -0.39 is 107 Å². The first-order chi connectivity index (χ1) is 33.5. The van der Waals surface area contributed by atoms with Crippen LogP contribution >= 0.6 is 0 Å². The van der Waals surface area contributed by atoms with E-state index in [0.29, 0.717) is 22.3 Å². The molecule has 0 bridgehead atoms. The smallest absolute Gasteiger partial charge is 0.167 e. The molecule has 0 amide bonds. The largest absolute Gasteiger partial charge is 0.455 e. The van der Waals surface area contributed by atoms with Crippen molar-refractivity contribution in [1.29, 1.82) is 0 Å². The lowest BCUT2D eigenvalue weighted by atomic mass is 9.92. The topological polar surface area (TPSA) is 51.8 Å². The lowest BCUT2D eigenvalue weighted by Gasteiger charge is -2.13. The Kier molecular flexibility index (Phi) is 4.49. The van der Waals surface area contributed by atoms with Gasteiger partial charge >= 0.3 is 0 Å². The van der Waals surface area contributed by atoms with Gasteiger partial charge in [-0.3, -0.25) is 0 Å². The molecule has 11 aromatic rings. The summed E-state index contributed by atoms with van der Waals surface area (Å²) in [5.74, 6) is -0.115. The van der Waals surface area contributed by atoms with Crippen molar-refractivity contribution in [2.24, 2.45) is 0 Å². The van der Waals surface area contributed by atoms with Gasteiger partial charge in [0.1, 0.15) is 11.2 Å². The highest BCUT2D eigenvalue weighted by atomic mass is 16.3. The Hall–Kier alpha value is -7.43. The summed E-state index contributed by atoms with van der Waals surface area (Å²) in [5, 5.41) is -0.649. The first-order valence-electron chi connectivity index (χ1n) is 24.8. The lowest BCUT2D eigenvalue weighted by molar-refractivity contribution is 0.669. The van der Waals surface area contributed by atoms with Gasteiger partial charge in [-0.25, -0.2) is 15.0 Å². The van der Waals surface area contributed by atoms with Gasteiger partial charge in [0, 0.05) is 21.9 Å². The van der Waals surface area contributed by atoms with E-state index in [1.54, 1.807) is 12.1 Å². The second kappa shape index (κ2) is 12.6. The predicted octanol–water partition coefficient (Wildman–Crippen LogP) is 13.6. The van der Waals surface area contributed by atoms with Crippen LogP contribution in [0, 0.1) is 0 Å². The number of rotatable bonds is 5. The van der Waals surface area contributed by atoms with Crippen LogP contribution in [0.3, 0.4) is 0 Å². The third-order valence-corrected chi connectivity index (χ3v) is 9.54. The van der Waals surface area contributed by atoms with Gasteiger partial charge in [0.05, 0.1) is 26.1 Å². The van der Waals surface area contributed by atoms with Gasteiger partial charge in [0.2, 0.25) is 0 Å². The minimum absolute atomic E-state index is 0.0650. The molecular weight excluding hydrogens is 671 g/mol. The van der Waals surface area contributed by atoms with Crippen molar-refractivity contribution in [2.45, 2.75) is 0 Å². The zero-order valence-corrected chi connectivity index (χ0v) is 28.5. The average Bonchev–Trinajstić information content (AvgIpc) is 3.76. The van der Waals surface area contributed by atoms with E-state index in [1.807, 2.05) is 84.9 Å². The summed E-state index contributed by atoms with van der Waals surface area (Å²) >= 11 is 0. The van der Waals surface area contributed by atoms with E-state index >= 15 is 0 Å². The molecule has 0 unspecified atom stereocenters. The molecule has 55 heavy (non-hydrogen) atoms. The molecule has 0 fully saturated rings. The van der Waals surface area contributed by atoms with Gasteiger partial charge in [0.15, 0.2) is 17.5 Å². The van der Waals surface area contributed by atoms with Crippen molar-refractivity contribution >= 4 is 54.3 Å². The van der Waals surface area contributed by atoms with Crippen molar-refractivity contribution in [3.05, 3.63) is 188 Å². The molecule has 2 aromatic heterocycles. The Balaban J connectivity index is 1.25. The van der Waals surface area contributed by atoms with Crippen LogP contribution < -0.4 is 0 Å². The van der Waals surface area contributed by atoms with Gasteiger partial charge < -0.3 is 4.42 Å². The van der Waals surface area contributed by atoms with Gasteiger partial charge in [-0.05, 0) is 84.9 Å². The first-order valence-corrected chi connectivity index (χ1v) is 17.3. The lowest BCUT2D eigenvalue weighted by Crippen LogP contribution is -2.00. The predicted molar refractivity (Wildman–Crippen MR) is 227 cm³/mol. The molecule has 0 aliphatic rings. The molecule has 256 valence electrons. The Morgan fingerprint density at radius 2 is 0.945 bits per heavy atom. The fraction of sp³-hybridized carbons (Fsp3) is 0. The third-order valence-electron chi connectivity index (χ3n) is 9.54. The number of aromatic nitrogens is 3. The van der Waals surface area contributed by atoms with Crippen molar-refractivity contribution in [1.82, 2.24) is 15.0 Å². The van der Waals surface area contributed by atoms with E-state index in [4.69, 9.17) is 31.7 Å². The number of hydrogen-bond donors (Lipinski definition) is 0. The van der Waals surface area contributed by atoms with Crippen molar-refractivity contribution in [2.75, 3.05) is 0 Å². The van der Waals surface area contributed by atoms with Crippen LogP contribution in [-0.2, 0) is 0 Å². The van der Waals surface area contributed by atoms with Crippen molar-refractivity contribution in [3.8, 4) is 56.4 Å². The molecule has 4 nitrogen and oxygen atoms in total. The Labute approximate surface area is 338 Å². The van der Waals surface area contributed by atoms with Crippen molar-refractivity contribution in [3.63, 3.8) is 0 Å². The molecule has 0 N–H and O–H groups in total. The molecule has 0 aliphatic carbocycles. The van der Waals surface area contributed by atoms with Crippen LogP contribution in [-0.4, -0.2) is 15.0 Å². The first kappa shape index (κ1) is 19.6. The van der Waals surface area contributed by atoms with Gasteiger partial charge in [-0.15, -0.1) is 0 Å². The van der Waals surface area contributed by atoms with Crippen LogP contribution in [0.25, 0.3) is 111 Å². The molecule has 0 saturated carbocycles. The SMILES string of the molecule is [2H]c1c([2H])c(-c2nc(-c3cccc(-c4ccccc4)c3)nc(-c3cccc4c3oc3ccccc34)n2)c([2H])c(-c2c([2H])c([2H])c3c4c([2H])c([2H])c([2H])c([2H])c4c4c([2H])c([2H])c([2H])c([2H])c4c3c2[2H])c1[2H]. The highest BCUT2D eigenvalue weighted by molar-refractivity contribution is 6.25. The third kappa shape index (κ3) is 5.26. The summed E-state index contributed by atoms with van der Waals surface area (Å²) in [6.07, 6.45) is 0. The quantitative estimate of drug-likeness (QED) is 0.166. The summed E-state index contributed by atoms with van der Waals surface area (Å²) in [6.45, 7) is 0. The van der Waals surface area contributed by atoms with Crippen LogP contribution in [0.5, 0.6) is 0 Å². The zero-order valence-electron chi connectivity index (χ0n) is 43.5. The maximum Gasteiger partial charge on any atom is 0.167 e. The number of hydrogen-bond acceptors (Lipinski definition) is 4. The Morgan fingerprint density at radius 3 is 1.75 bits per heavy atom. The number of para-hydroxylation sites is 2. The highest BCUT2D eigenvalue weighted by Gasteiger charge is 2.18. The standard InChI is InChI=1S/C51H31N3O/c1-2-13-32(14-3-1)33-15-10-17-36(29-33)49-52-50(54-51(53-49)45-25-12-24-44-43-23-8-9-26-47(43)55-48(44)45)37-18-11-16-34(30-37)35-27-28-42-40-21-5-4-19-38(40)39-20-6-7-22-41(39)46(42)31-35/h1-31H/i4D,5D,6D,7D,11D,16D,18D,19D,20D,21D,22D,27D,28D,30D,31D. The Morgan fingerprint density at radius 1 is 0.364 bits per heavy atom. The number of benzene rings is 9. The van der Waals surface area contributed by atoms with E-state index in [2.05, 4.69) is 0 Å². The van der Waals surface area contributed by atoms with Crippen LogP contribution in [0.4, 0.5) is 0 Å². The van der Waals surface area contributed by atoms with Crippen molar-refractivity contribution < 1.29 is 25.0 Å². The molecule has 0 saturated heterocycles. The zero-order chi connectivity index (χ0) is 49.3. The fourth-order valence-corrected chi connectivity index (χ4v) is 6.99. The molecule has 11 rings (SSSR count). The van der Waals surface area contributed by atoms with E-state index in [-0.39, 0.29) is 50.0 Å². The van der Waals surface area contributed by atoms with Crippen LogP contribution in [0.2, 0.25) is 0 Å². The maximum atomic E-state index is 9.83. The van der Waals surface area contributed by atoms with E-state index in [0.717, 1.165) is 21.9 Å². The molecule has 4 heteroatoms. The molecule has 0 radical (unpaired) electrons. The number of nitrogens with zero attached hydrogens (tertiary/aromatic N) is 3. The number of furan rings is 1. The minimum atomic E-state index is -0.789. The second-order valence-electron chi connectivity index (χ2n) is 12.8. The van der Waals surface area contributed by atoms with E-state index in [1.165, 1.54) is 0 Å². The second-order valence-corrected chi connectivity index (χ2v) is 12.8. The molecule has 0 atom stereocenters. The molecular formula is C51H31N3O. The molecule has 9 aromatic carbocycles. The normalized spacial score (nSPS) is 15.5. The maximum absolute atomic E-state index is 9.83. The van der Waals surface area contributed by atoms with Crippen LogP contribution in [0.1, 0.15) is 20.6 Å². The summed E-state index contributed by atoms with van der Waals surface area (Å²) in [5.41, 5.74) is 2.19. The molecule has 2 heterocycles. The summed E-state index contributed by atoms with van der Waals surface area (Å²) in [6, 6.07) is 19.2.